The van der Waals surface area contributed by atoms with Gasteiger partial charge < -0.3 is 25.0 Å². The van der Waals surface area contributed by atoms with Gasteiger partial charge in [0.1, 0.15) is 17.6 Å². The average molecular weight is 717 g/mol. The normalized spacial score (nSPS) is 24.7. The van der Waals surface area contributed by atoms with Gasteiger partial charge >= 0.3 is 6.09 Å². The minimum Gasteiger partial charge on any atom is -0.450 e. The molecule has 2 fully saturated rings. The molecule has 3 N–H and O–H groups in total. The first-order chi connectivity index (χ1) is 23.6. The number of ether oxygens (including phenoxy) is 2. The molecule has 1 aromatic rings. The third kappa shape index (κ3) is 11.0. The molecule has 1 saturated heterocycles. The first-order valence-corrected chi connectivity index (χ1v) is 19.6. The molecule has 0 radical (unpaired) electrons. The Morgan fingerprint density at radius 3 is 2.32 bits per heavy atom. The second kappa shape index (κ2) is 17.2. The van der Waals surface area contributed by atoms with Crippen molar-refractivity contribution in [1.29, 1.82) is 0 Å². The quantitative estimate of drug-likeness (QED) is 0.352. The van der Waals surface area contributed by atoms with Gasteiger partial charge in [0.05, 0.1) is 18.0 Å². The van der Waals surface area contributed by atoms with E-state index in [1.165, 1.54) is 29.0 Å². The zero-order valence-electron chi connectivity index (χ0n) is 30.1. The van der Waals surface area contributed by atoms with Gasteiger partial charge in [-0.25, -0.2) is 13.2 Å². The third-order valence-corrected chi connectivity index (χ3v) is 11.5. The smallest absolute Gasteiger partial charge is 0.407 e. The van der Waals surface area contributed by atoms with Crippen molar-refractivity contribution in [2.24, 2.45) is 5.41 Å². The minimum atomic E-state index is -3.88. The molecule has 13 heteroatoms. The van der Waals surface area contributed by atoms with Crippen molar-refractivity contribution < 1.29 is 37.1 Å². The number of aryl methyl sites for hydroxylation is 2. The van der Waals surface area contributed by atoms with E-state index in [1.54, 1.807) is 0 Å². The standard InChI is InChI=1S/C37H56N4O8S/c1-6-20-37(5,34(44)40-50(46,47)29-18-19-29)39-32(42)30-24-28-25-41(30)33(43)31(36(2,3)4)38-35(45)49-21-11-9-7-8-10-14-26-15-12-16-27(23-26)17-13-22-48-28/h6,12,15-16,23,28-31H,1,7-11,13-14,17-22,24-25H2,2-5H3,(H,38,45)(H,39,42)(H,40,44)/t28-,30+,31-,37-/m1/s1. The fourth-order valence-electron chi connectivity index (χ4n) is 6.53. The summed E-state index contributed by atoms with van der Waals surface area (Å²) in [6, 6.07) is 6.52. The summed E-state index contributed by atoms with van der Waals surface area (Å²) in [5.74, 6) is -1.99. The van der Waals surface area contributed by atoms with Crippen molar-refractivity contribution in [2.45, 2.75) is 134 Å². The van der Waals surface area contributed by atoms with Crippen LogP contribution in [0.4, 0.5) is 4.79 Å². The number of nitrogens with one attached hydrogen (secondary N) is 3. The Balaban J connectivity index is 1.56. The van der Waals surface area contributed by atoms with Crippen molar-refractivity contribution in [2.75, 3.05) is 19.8 Å². The fourth-order valence-corrected chi connectivity index (χ4v) is 7.93. The van der Waals surface area contributed by atoms with Gasteiger partial charge in [-0.2, -0.15) is 0 Å². The van der Waals surface area contributed by atoms with Gasteiger partial charge in [0.25, 0.3) is 5.91 Å². The van der Waals surface area contributed by atoms with Gasteiger partial charge in [0, 0.05) is 19.6 Å². The number of cyclic esters (lactones) is 1. The number of fused-ring (bicyclic) bond motifs is 4. The van der Waals surface area contributed by atoms with E-state index in [-0.39, 0.29) is 26.0 Å². The number of carbonyl (C=O) groups excluding carboxylic acids is 4. The predicted octanol–water partition coefficient (Wildman–Crippen LogP) is 4.31. The summed E-state index contributed by atoms with van der Waals surface area (Å²) in [4.78, 5) is 56.0. The Labute approximate surface area is 297 Å². The minimum absolute atomic E-state index is 0.0510. The van der Waals surface area contributed by atoms with Crippen molar-refractivity contribution in [1.82, 2.24) is 20.3 Å². The highest BCUT2D eigenvalue weighted by Crippen LogP contribution is 2.30. The molecule has 1 aromatic carbocycles. The first-order valence-electron chi connectivity index (χ1n) is 18.0. The highest BCUT2D eigenvalue weighted by molar-refractivity contribution is 7.90. The van der Waals surface area contributed by atoms with Crippen molar-refractivity contribution in [3.63, 3.8) is 0 Å². The molecular formula is C37H56N4O8S. The molecule has 50 heavy (non-hydrogen) atoms. The highest BCUT2D eigenvalue weighted by Gasteiger charge is 2.48. The van der Waals surface area contributed by atoms with Crippen LogP contribution in [0.25, 0.3) is 0 Å². The molecule has 2 aliphatic heterocycles. The average Bonchev–Trinajstić information content (AvgIpc) is 3.83. The number of carbonyl (C=O) groups is 4. The van der Waals surface area contributed by atoms with Crippen LogP contribution in [-0.2, 0) is 46.7 Å². The molecule has 4 bridgehead atoms. The van der Waals surface area contributed by atoms with Gasteiger partial charge in [-0.1, -0.05) is 70.4 Å². The second-order valence-electron chi connectivity index (χ2n) is 15.2. The molecule has 0 aromatic heterocycles. The number of sulfonamides is 1. The van der Waals surface area contributed by atoms with Gasteiger partial charge in [-0.3, -0.25) is 19.1 Å². The summed E-state index contributed by atoms with van der Waals surface area (Å²) < 4.78 is 39.0. The Morgan fingerprint density at radius 2 is 1.66 bits per heavy atom. The summed E-state index contributed by atoms with van der Waals surface area (Å²) in [5.41, 5.74) is 0.140. The lowest BCUT2D eigenvalue weighted by molar-refractivity contribution is -0.143. The maximum absolute atomic E-state index is 14.3. The predicted molar refractivity (Wildman–Crippen MR) is 191 cm³/mol. The molecule has 0 spiro atoms. The zero-order chi connectivity index (χ0) is 36.5. The van der Waals surface area contributed by atoms with Crippen LogP contribution in [-0.4, -0.2) is 85.9 Å². The maximum Gasteiger partial charge on any atom is 0.407 e. The Morgan fingerprint density at radius 1 is 1.00 bits per heavy atom. The number of rotatable bonds is 7. The summed E-state index contributed by atoms with van der Waals surface area (Å²) in [6.07, 6.45) is 8.71. The summed E-state index contributed by atoms with van der Waals surface area (Å²) in [5, 5.41) is 4.86. The molecule has 0 unspecified atom stereocenters. The maximum atomic E-state index is 14.3. The Hall–Kier alpha value is -3.45. The topological polar surface area (TPSA) is 160 Å². The number of hydrogen-bond acceptors (Lipinski definition) is 8. The van der Waals surface area contributed by atoms with Crippen LogP contribution < -0.4 is 15.4 Å². The lowest BCUT2D eigenvalue weighted by atomic mass is 9.85. The second-order valence-corrected chi connectivity index (χ2v) is 17.2. The lowest BCUT2D eigenvalue weighted by Gasteiger charge is -2.36. The van der Waals surface area contributed by atoms with Gasteiger partial charge in [0.2, 0.25) is 21.8 Å². The van der Waals surface area contributed by atoms with E-state index in [0.29, 0.717) is 25.9 Å². The van der Waals surface area contributed by atoms with Gasteiger partial charge in [-0.15, -0.1) is 6.58 Å². The number of nitrogens with zero attached hydrogens (tertiary/aromatic N) is 1. The summed E-state index contributed by atoms with van der Waals surface area (Å²) >= 11 is 0. The van der Waals surface area contributed by atoms with Crippen LogP contribution in [0.15, 0.2) is 36.9 Å². The Kier molecular flexibility index (Phi) is 13.5. The van der Waals surface area contributed by atoms with Crippen molar-refractivity contribution >= 4 is 33.8 Å². The first kappa shape index (κ1) is 39.3. The molecule has 4 amide bonds. The van der Waals surface area contributed by atoms with Crippen molar-refractivity contribution in [3.8, 4) is 0 Å². The molecule has 278 valence electrons. The van der Waals surface area contributed by atoms with Crippen LogP contribution in [0.1, 0.15) is 103 Å². The lowest BCUT2D eigenvalue weighted by Crippen LogP contribution is -2.62. The molecule has 3 aliphatic rings. The van der Waals surface area contributed by atoms with Crippen molar-refractivity contribution in [3.05, 3.63) is 48.0 Å². The van der Waals surface area contributed by atoms with E-state index >= 15 is 0 Å². The van der Waals surface area contributed by atoms with Crippen LogP contribution in [0, 0.1) is 5.41 Å². The number of alkyl carbamates (subject to hydrolysis) is 1. The monoisotopic (exact) mass is 716 g/mol. The molecular weight excluding hydrogens is 660 g/mol. The number of amides is 4. The van der Waals surface area contributed by atoms with Crippen LogP contribution in [0.3, 0.4) is 0 Å². The molecule has 1 saturated carbocycles. The number of benzene rings is 1. The molecule has 4 atom stereocenters. The van der Waals surface area contributed by atoms with Gasteiger partial charge in [0.15, 0.2) is 0 Å². The van der Waals surface area contributed by atoms with Crippen LogP contribution in [0.2, 0.25) is 0 Å². The van der Waals surface area contributed by atoms with E-state index in [0.717, 1.165) is 44.9 Å². The highest BCUT2D eigenvalue weighted by atomic mass is 32.2. The van der Waals surface area contributed by atoms with Gasteiger partial charge in [-0.05, 0) is 74.8 Å². The Bertz CT molecular complexity index is 1490. The van der Waals surface area contributed by atoms with E-state index in [2.05, 4.69) is 46.2 Å². The molecule has 2 heterocycles. The fraction of sp³-hybridized carbons (Fsp3) is 0.676. The van der Waals surface area contributed by atoms with E-state index in [4.69, 9.17) is 9.47 Å². The summed E-state index contributed by atoms with van der Waals surface area (Å²) in [6.45, 7) is 11.3. The van der Waals surface area contributed by atoms with E-state index < -0.39 is 68.2 Å². The van der Waals surface area contributed by atoms with Crippen LogP contribution >= 0.6 is 0 Å². The largest absolute Gasteiger partial charge is 0.450 e. The molecule has 12 nitrogen and oxygen atoms in total. The summed E-state index contributed by atoms with van der Waals surface area (Å²) in [7, 11) is -3.88. The van der Waals surface area contributed by atoms with Crippen LogP contribution in [0.5, 0.6) is 0 Å². The van der Waals surface area contributed by atoms with E-state index in [9.17, 15) is 27.6 Å². The molecule has 1 aliphatic carbocycles. The van der Waals surface area contributed by atoms with E-state index in [1.807, 2.05) is 20.8 Å². The number of hydrogen-bond donors (Lipinski definition) is 3. The third-order valence-electron chi connectivity index (χ3n) is 9.67. The SMILES string of the molecule is C=CC[C@@](C)(NC(=O)[C@@H]1C[C@@H]2CN1C(=O)[C@H](C(C)(C)C)NC(=O)OCCCCCCCc1cccc(c1)CCCO2)C(=O)NS(=O)(=O)C1CC1. The zero-order valence-corrected chi connectivity index (χ0v) is 30.9. The molecule has 4 rings (SSSR count).